The number of carbonyl (C=O) groups excluding carboxylic acids is 1. The van der Waals surface area contributed by atoms with Crippen molar-refractivity contribution in [2.75, 3.05) is 17.4 Å². The molecule has 0 bridgehead atoms. The minimum atomic E-state index is -4.04. The molecule has 1 fully saturated rings. The fourth-order valence-corrected chi connectivity index (χ4v) is 6.92. The summed E-state index contributed by atoms with van der Waals surface area (Å²) >= 11 is 6.16. The molecule has 0 radical (unpaired) electrons. The standard InChI is InChI=1S/C25H28ClN5O3S.ClH/c1-30-15-21(14-29-30)35(33,34)31(16-23(27)32)20-8-3-17-9-12-28-24(22(17)13-20)25(10-2-11-25)18-4-6-19(26)7-5-18;/h3-8,13-15,24,28H,2,9-12,16H2,1H3,(H2,27,32);1H. The van der Waals surface area contributed by atoms with Crippen molar-refractivity contribution in [1.29, 1.82) is 0 Å². The number of benzene rings is 2. The average molecular weight is 551 g/mol. The molecule has 2 heterocycles. The third-order valence-electron chi connectivity index (χ3n) is 7.26. The van der Waals surface area contributed by atoms with Crippen LogP contribution in [0.5, 0.6) is 0 Å². The van der Waals surface area contributed by atoms with Gasteiger partial charge < -0.3 is 11.1 Å². The first-order valence-electron chi connectivity index (χ1n) is 11.6. The molecular formula is C25H29Cl2N5O3S. The lowest BCUT2D eigenvalue weighted by Crippen LogP contribution is -2.49. The van der Waals surface area contributed by atoms with E-state index in [4.69, 9.17) is 17.3 Å². The number of anilines is 1. The number of aryl methyl sites for hydroxylation is 1. The summed E-state index contributed by atoms with van der Waals surface area (Å²) in [7, 11) is -2.40. The van der Waals surface area contributed by atoms with E-state index in [0.717, 1.165) is 42.1 Å². The second kappa shape index (κ2) is 10.0. The van der Waals surface area contributed by atoms with E-state index in [2.05, 4.69) is 22.5 Å². The smallest absolute Gasteiger partial charge is 0.267 e. The van der Waals surface area contributed by atoms with Gasteiger partial charge in [0.05, 0.1) is 11.9 Å². The Morgan fingerprint density at radius 2 is 1.97 bits per heavy atom. The lowest BCUT2D eigenvalue weighted by Gasteiger charge is -2.50. The molecular weight excluding hydrogens is 521 g/mol. The van der Waals surface area contributed by atoms with Gasteiger partial charge in [-0.3, -0.25) is 13.8 Å². The molecule has 8 nitrogen and oxygen atoms in total. The monoisotopic (exact) mass is 549 g/mol. The number of aromatic nitrogens is 2. The van der Waals surface area contributed by atoms with E-state index in [1.807, 2.05) is 24.3 Å². The minimum absolute atomic E-state index is 0. The number of rotatable bonds is 7. The Kier molecular flexibility index (Phi) is 7.39. The number of sulfonamides is 1. The number of hydrogen-bond acceptors (Lipinski definition) is 5. The van der Waals surface area contributed by atoms with Gasteiger partial charge >= 0.3 is 0 Å². The first kappa shape index (κ1) is 26.5. The van der Waals surface area contributed by atoms with Gasteiger partial charge in [0.15, 0.2) is 0 Å². The zero-order valence-corrected chi connectivity index (χ0v) is 22.2. The first-order valence-corrected chi connectivity index (χ1v) is 13.4. The highest BCUT2D eigenvalue weighted by atomic mass is 35.5. The Morgan fingerprint density at radius 3 is 2.56 bits per heavy atom. The first-order chi connectivity index (χ1) is 16.7. The second-order valence-corrected chi connectivity index (χ2v) is 11.7. The molecule has 1 amide bonds. The molecule has 36 heavy (non-hydrogen) atoms. The van der Waals surface area contributed by atoms with Crippen LogP contribution in [0.2, 0.25) is 5.02 Å². The Labute approximate surface area is 222 Å². The largest absolute Gasteiger partial charge is 0.368 e. The van der Waals surface area contributed by atoms with Crippen LogP contribution in [0.15, 0.2) is 59.8 Å². The number of fused-ring (bicyclic) bond motifs is 1. The van der Waals surface area contributed by atoms with Crippen molar-refractivity contribution in [2.24, 2.45) is 12.8 Å². The molecule has 192 valence electrons. The predicted molar refractivity (Wildman–Crippen MR) is 142 cm³/mol. The maximum atomic E-state index is 13.5. The number of nitrogens with one attached hydrogen (secondary N) is 1. The Bertz CT molecular complexity index is 1370. The van der Waals surface area contributed by atoms with Crippen molar-refractivity contribution in [3.05, 3.63) is 76.6 Å². The van der Waals surface area contributed by atoms with Gasteiger partial charge in [-0.2, -0.15) is 5.10 Å². The van der Waals surface area contributed by atoms with Gasteiger partial charge in [0.25, 0.3) is 10.0 Å². The summed E-state index contributed by atoms with van der Waals surface area (Å²) in [5.74, 6) is -0.735. The van der Waals surface area contributed by atoms with Crippen LogP contribution < -0.4 is 15.4 Å². The highest BCUT2D eigenvalue weighted by molar-refractivity contribution is 7.92. The number of primary amides is 1. The summed E-state index contributed by atoms with van der Waals surface area (Å²) in [5.41, 5.74) is 9.24. The van der Waals surface area contributed by atoms with E-state index in [1.54, 1.807) is 13.1 Å². The topological polar surface area (TPSA) is 110 Å². The Morgan fingerprint density at radius 1 is 1.25 bits per heavy atom. The third kappa shape index (κ3) is 4.61. The molecule has 1 aromatic heterocycles. The van der Waals surface area contributed by atoms with Crippen LogP contribution in [0.1, 0.15) is 42.0 Å². The van der Waals surface area contributed by atoms with E-state index in [1.165, 1.54) is 28.2 Å². The van der Waals surface area contributed by atoms with Gasteiger partial charge in [-0.05, 0) is 66.8 Å². The lowest BCUT2D eigenvalue weighted by atomic mass is 9.58. The van der Waals surface area contributed by atoms with Crippen molar-refractivity contribution in [3.8, 4) is 0 Å². The fourth-order valence-electron chi connectivity index (χ4n) is 5.39. The summed E-state index contributed by atoms with van der Waals surface area (Å²) in [6, 6.07) is 13.7. The molecule has 5 rings (SSSR count). The van der Waals surface area contributed by atoms with Crippen LogP contribution >= 0.6 is 24.0 Å². The molecule has 2 aliphatic rings. The molecule has 1 atom stereocenters. The van der Waals surface area contributed by atoms with Crippen molar-refractivity contribution in [1.82, 2.24) is 15.1 Å². The maximum Gasteiger partial charge on any atom is 0.267 e. The molecule has 1 aliphatic heterocycles. The van der Waals surface area contributed by atoms with Gasteiger partial charge in [-0.25, -0.2) is 8.42 Å². The number of halogens is 2. The third-order valence-corrected chi connectivity index (χ3v) is 9.24. The zero-order chi connectivity index (χ0) is 24.8. The lowest BCUT2D eigenvalue weighted by molar-refractivity contribution is -0.116. The number of amides is 1. The number of nitrogens with two attached hydrogens (primary N) is 1. The quantitative estimate of drug-likeness (QED) is 0.468. The van der Waals surface area contributed by atoms with Crippen LogP contribution in [-0.2, 0) is 33.7 Å². The Balaban J connectivity index is 0.00000304. The molecule has 3 aromatic rings. The molecule has 1 aliphatic carbocycles. The number of hydrogen-bond donors (Lipinski definition) is 2. The summed E-state index contributed by atoms with van der Waals surface area (Å²) in [6.45, 7) is 0.377. The Hall–Kier alpha value is -2.59. The molecule has 11 heteroatoms. The van der Waals surface area contributed by atoms with Crippen molar-refractivity contribution in [3.63, 3.8) is 0 Å². The molecule has 0 spiro atoms. The number of nitrogens with zero attached hydrogens (tertiary/aromatic N) is 3. The van der Waals surface area contributed by atoms with Crippen LogP contribution in [0.3, 0.4) is 0 Å². The highest BCUT2D eigenvalue weighted by Gasteiger charge is 2.47. The van der Waals surface area contributed by atoms with Gasteiger partial charge in [0.2, 0.25) is 5.91 Å². The minimum Gasteiger partial charge on any atom is -0.368 e. The highest BCUT2D eigenvalue weighted by Crippen LogP contribution is 2.53. The zero-order valence-electron chi connectivity index (χ0n) is 19.9. The van der Waals surface area contributed by atoms with Crippen LogP contribution in [0.4, 0.5) is 5.69 Å². The van der Waals surface area contributed by atoms with Gasteiger partial charge in [0.1, 0.15) is 11.4 Å². The van der Waals surface area contributed by atoms with E-state index in [0.29, 0.717) is 10.7 Å². The van der Waals surface area contributed by atoms with Gasteiger partial charge in [-0.15, -0.1) is 12.4 Å². The predicted octanol–water partition coefficient (Wildman–Crippen LogP) is 3.48. The van der Waals surface area contributed by atoms with E-state index < -0.39 is 22.5 Å². The van der Waals surface area contributed by atoms with Crippen molar-refractivity contribution in [2.45, 2.75) is 42.0 Å². The molecule has 2 aromatic carbocycles. The molecule has 0 saturated heterocycles. The van der Waals surface area contributed by atoms with Crippen LogP contribution in [0.25, 0.3) is 0 Å². The van der Waals surface area contributed by atoms with Gasteiger partial charge in [-0.1, -0.05) is 36.2 Å². The van der Waals surface area contributed by atoms with Gasteiger partial charge in [0, 0.05) is 29.7 Å². The summed E-state index contributed by atoms with van der Waals surface area (Å²) < 4.78 is 29.5. The van der Waals surface area contributed by atoms with E-state index in [-0.39, 0.29) is 28.8 Å². The second-order valence-electron chi connectivity index (χ2n) is 9.36. The fraction of sp³-hybridized carbons (Fsp3) is 0.360. The molecule has 3 N–H and O–H groups in total. The summed E-state index contributed by atoms with van der Waals surface area (Å²) in [4.78, 5) is 11.9. The van der Waals surface area contributed by atoms with E-state index >= 15 is 0 Å². The number of carbonyl (C=O) groups is 1. The summed E-state index contributed by atoms with van der Waals surface area (Å²) in [6.07, 6.45) is 6.70. The van der Waals surface area contributed by atoms with Crippen LogP contribution in [0, 0.1) is 0 Å². The van der Waals surface area contributed by atoms with E-state index in [9.17, 15) is 13.2 Å². The average Bonchev–Trinajstić information content (AvgIpc) is 3.25. The molecule has 1 saturated carbocycles. The maximum absolute atomic E-state index is 13.5. The van der Waals surface area contributed by atoms with Crippen LogP contribution in [-0.4, -0.2) is 37.2 Å². The van der Waals surface area contributed by atoms with Crippen molar-refractivity contribution < 1.29 is 13.2 Å². The SMILES string of the molecule is Cl.Cn1cc(S(=O)(=O)N(CC(N)=O)c2ccc3c(c2)C(C2(c4ccc(Cl)cc4)CCC2)NCC3)cn1. The molecule has 1 unspecified atom stereocenters. The normalized spacial score (nSPS) is 18.4. The van der Waals surface area contributed by atoms with Crippen molar-refractivity contribution >= 4 is 45.6 Å². The summed E-state index contributed by atoms with van der Waals surface area (Å²) in [5, 5.41) is 8.39.